The fourth-order valence-electron chi connectivity index (χ4n) is 5.55. The molecule has 2 fully saturated rings. The molecule has 2 bridgehead atoms. The number of anilines is 1. The maximum absolute atomic E-state index is 13.1. The number of hydrogen-bond acceptors (Lipinski definition) is 6. The maximum Gasteiger partial charge on any atom is 0.242 e. The Labute approximate surface area is 183 Å². The summed E-state index contributed by atoms with van der Waals surface area (Å²) in [5, 5.41) is 0.787. The first kappa shape index (κ1) is 21.1. The average molecular weight is 429 g/mol. The highest BCUT2D eigenvalue weighted by Gasteiger charge is 2.50. The highest BCUT2D eigenvalue weighted by Crippen LogP contribution is 2.52. The van der Waals surface area contributed by atoms with Gasteiger partial charge in [-0.1, -0.05) is 32.9 Å². The number of ether oxygens (including phenoxy) is 1. The molecule has 2 heterocycles. The minimum Gasteiger partial charge on any atom is -0.497 e. The molecule has 4 rings (SSSR count). The van der Waals surface area contributed by atoms with E-state index in [0.717, 1.165) is 41.7 Å². The molecular formula is C23H32N4O2S. The predicted molar refractivity (Wildman–Crippen MR) is 120 cm³/mol. The van der Waals surface area contributed by atoms with Crippen molar-refractivity contribution in [2.24, 2.45) is 10.8 Å². The van der Waals surface area contributed by atoms with E-state index in [1.54, 1.807) is 7.11 Å². The van der Waals surface area contributed by atoms with E-state index < -0.39 is 0 Å². The van der Waals surface area contributed by atoms with Crippen molar-refractivity contribution in [3.8, 4) is 5.75 Å². The summed E-state index contributed by atoms with van der Waals surface area (Å²) in [7, 11) is 3.60. The molecule has 2 unspecified atom stereocenters. The molecule has 2 aromatic rings. The van der Waals surface area contributed by atoms with Gasteiger partial charge in [-0.15, -0.1) is 0 Å². The molecule has 2 aliphatic rings. The van der Waals surface area contributed by atoms with Gasteiger partial charge >= 0.3 is 0 Å². The summed E-state index contributed by atoms with van der Waals surface area (Å²) in [4.78, 5) is 21.8. The number of aromatic nitrogens is 2. The lowest BCUT2D eigenvalue weighted by Crippen LogP contribution is -2.42. The molecule has 1 amide bonds. The number of nitrogens with zero attached hydrogens (tertiary/aromatic N) is 4. The van der Waals surface area contributed by atoms with Gasteiger partial charge in [0.05, 0.1) is 13.7 Å². The van der Waals surface area contributed by atoms with Crippen LogP contribution in [0.4, 0.5) is 5.13 Å². The van der Waals surface area contributed by atoms with Crippen LogP contribution >= 0.6 is 11.5 Å². The number of carbonyl (C=O) groups is 1. The molecule has 1 aromatic carbocycles. The van der Waals surface area contributed by atoms with Crippen LogP contribution < -0.4 is 9.64 Å². The van der Waals surface area contributed by atoms with Crippen LogP contribution in [0, 0.1) is 10.8 Å². The third kappa shape index (κ3) is 4.46. The third-order valence-corrected chi connectivity index (χ3v) is 7.26. The second kappa shape index (κ2) is 7.84. The Morgan fingerprint density at radius 2 is 2.13 bits per heavy atom. The average Bonchev–Trinajstić information content (AvgIpc) is 3.22. The first-order valence-corrected chi connectivity index (χ1v) is 11.4. The zero-order valence-electron chi connectivity index (χ0n) is 18.6. The van der Waals surface area contributed by atoms with Gasteiger partial charge in [-0.2, -0.15) is 4.37 Å². The van der Waals surface area contributed by atoms with E-state index in [4.69, 9.17) is 4.74 Å². The van der Waals surface area contributed by atoms with Crippen molar-refractivity contribution in [2.75, 3.05) is 32.1 Å². The smallest absolute Gasteiger partial charge is 0.242 e. The largest absolute Gasteiger partial charge is 0.497 e. The van der Waals surface area contributed by atoms with Gasteiger partial charge < -0.3 is 14.5 Å². The van der Waals surface area contributed by atoms with Gasteiger partial charge in [0.1, 0.15) is 11.6 Å². The van der Waals surface area contributed by atoms with E-state index in [9.17, 15) is 4.79 Å². The molecule has 2 atom stereocenters. The number of rotatable bonds is 6. The van der Waals surface area contributed by atoms with E-state index in [-0.39, 0.29) is 11.3 Å². The summed E-state index contributed by atoms with van der Waals surface area (Å²) < 4.78 is 9.79. The van der Waals surface area contributed by atoms with Crippen molar-refractivity contribution in [3.05, 3.63) is 35.7 Å². The predicted octanol–water partition coefficient (Wildman–Crippen LogP) is 4.00. The molecule has 1 saturated heterocycles. The number of hydrogen-bond donors (Lipinski definition) is 0. The van der Waals surface area contributed by atoms with Crippen LogP contribution in [0.3, 0.4) is 0 Å². The molecule has 30 heavy (non-hydrogen) atoms. The zero-order valence-corrected chi connectivity index (χ0v) is 19.5. The van der Waals surface area contributed by atoms with Crippen LogP contribution in [0.15, 0.2) is 24.3 Å². The monoisotopic (exact) mass is 428 g/mol. The van der Waals surface area contributed by atoms with Crippen LogP contribution in [0.2, 0.25) is 0 Å². The van der Waals surface area contributed by atoms with Crippen LogP contribution in [-0.2, 0) is 11.2 Å². The number of benzene rings is 1. The maximum atomic E-state index is 13.1. The molecule has 1 aliphatic carbocycles. The van der Waals surface area contributed by atoms with Crippen LogP contribution in [0.5, 0.6) is 5.75 Å². The summed E-state index contributed by atoms with van der Waals surface area (Å²) in [5.74, 6) is 1.81. The van der Waals surface area contributed by atoms with Gasteiger partial charge in [0.15, 0.2) is 0 Å². The van der Waals surface area contributed by atoms with Crippen molar-refractivity contribution in [1.82, 2.24) is 14.3 Å². The van der Waals surface area contributed by atoms with Crippen molar-refractivity contribution < 1.29 is 9.53 Å². The highest BCUT2D eigenvalue weighted by molar-refractivity contribution is 7.09. The Balaban J connectivity index is 1.39. The topological polar surface area (TPSA) is 58.6 Å². The molecule has 162 valence electrons. The summed E-state index contributed by atoms with van der Waals surface area (Å²) in [5.41, 5.74) is 1.68. The van der Waals surface area contributed by atoms with E-state index >= 15 is 0 Å². The fraction of sp³-hybridized carbons (Fsp3) is 0.609. The second-order valence-electron chi connectivity index (χ2n) is 10.1. The number of likely N-dealkylation sites (N-methyl/N-ethyl adjacent to an activating group) is 1. The normalized spacial score (nSPS) is 24.7. The number of likely N-dealkylation sites (tertiary alicyclic amines) is 1. The molecular weight excluding hydrogens is 396 g/mol. The van der Waals surface area contributed by atoms with Crippen LogP contribution in [-0.4, -0.2) is 53.5 Å². The van der Waals surface area contributed by atoms with E-state index in [0.29, 0.717) is 24.4 Å². The molecule has 0 radical (unpaired) electrons. The van der Waals surface area contributed by atoms with Gasteiger partial charge in [-0.3, -0.25) is 4.79 Å². The highest BCUT2D eigenvalue weighted by atomic mass is 32.1. The Hall–Kier alpha value is -2.15. The van der Waals surface area contributed by atoms with E-state index in [1.807, 2.05) is 36.2 Å². The SMILES string of the molecule is COc1cccc(Cc2nsc(N(C)CC(=O)N3CC4(C)CC3CC(C)(C)C4)n2)c1. The van der Waals surface area contributed by atoms with Gasteiger partial charge in [-0.25, -0.2) is 4.98 Å². The lowest BCUT2D eigenvalue weighted by Gasteiger charge is -2.39. The molecule has 0 spiro atoms. The summed E-state index contributed by atoms with van der Waals surface area (Å²) in [6, 6.07) is 8.32. The first-order chi connectivity index (χ1) is 14.2. The van der Waals surface area contributed by atoms with Gasteiger partial charge in [0, 0.05) is 37.6 Å². The lowest BCUT2D eigenvalue weighted by atomic mass is 9.65. The van der Waals surface area contributed by atoms with Crippen LogP contribution in [0.1, 0.15) is 51.4 Å². The number of amides is 1. The van der Waals surface area contributed by atoms with Gasteiger partial charge in [0.25, 0.3) is 0 Å². The van der Waals surface area contributed by atoms with Crippen LogP contribution in [0.25, 0.3) is 0 Å². The summed E-state index contributed by atoms with van der Waals surface area (Å²) in [6.07, 6.45) is 4.08. The van der Waals surface area contributed by atoms with E-state index in [2.05, 4.69) is 35.0 Å². The third-order valence-electron chi connectivity index (χ3n) is 6.39. The molecule has 7 heteroatoms. The first-order valence-electron chi connectivity index (χ1n) is 10.6. The number of methoxy groups -OCH3 is 1. The quantitative estimate of drug-likeness (QED) is 0.696. The minimum absolute atomic E-state index is 0.202. The number of fused-ring (bicyclic) bond motifs is 2. The molecule has 0 N–H and O–H groups in total. The Morgan fingerprint density at radius 1 is 1.33 bits per heavy atom. The Morgan fingerprint density at radius 3 is 2.90 bits per heavy atom. The standard InChI is InChI=1S/C23H32N4O2S/c1-22(2)11-17-12-23(3,14-22)15-27(17)20(28)13-26(4)21-24-19(25-30-21)10-16-7-6-8-18(9-16)29-5/h6-9,17H,10-15H2,1-5H3. The molecule has 1 aliphatic heterocycles. The Bertz CT molecular complexity index is 927. The van der Waals surface area contributed by atoms with Gasteiger partial charge in [-0.05, 0) is 47.8 Å². The van der Waals surface area contributed by atoms with Crippen molar-refractivity contribution in [1.29, 1.82) is 0 Å². The second-order valence-corrected chi connectivity index (χ2v) is 10.8. The van der Waals surface area contributed by atoms with Crippen molar-refractivity contribution in [3.63, 3.8) is 0 Å². The summed E-state index contributed by atoms with van der Waals surface area (Å²) >= 11 is 1.35. The van der Waals surface area contributed by atoms with E-state index in [1.165, 1.54) is 18.0 Å². The minimum atomic E-state index is 0.202. The van der Waals surface area contributed by atoms with Gasteiger partial charge in [0.2, 0.25) is 11.0 Å². The molecule has 1 saturated carbocycles. The zero-order chi connectivity index (χ0) is 21.5. The number of carbonyl (C=O) groups excluding carboxylic acids is 1. The van der Waals surface area contributed by atoms with Crippen molar-refractivity contribution in [2.45, 2.75) is 52.5 Å². The fourth-order valence-corrected chi connectivity index (χ4v) is 6.19. The lowest BCUT2D eigenvalue weighted by molar-refractivity contribution is -0.130. The molecule has 1 aromatic heterocycles. The van der Waals surface area contributed by atoms with Crippen molar-refractivity contribution >= 4 is 22.6 Å². The summed E-state index contributed by atoms with van der Waals surface area (Å²) in [6.45, 7) is 8.24. The molecule has 6 nitrogen and oxygen atoms in total. The Kier molecular flexibility index (Phi) is 5.51.